The lowest BCUT2D eigenvalue weighted by Crippen LogP contribution is -2.24. The molecule has 1 heterocycles. The van der Waals surface area contributed by atoms with Gasteiger partial charge in [-0.05, 0) is 0 Å². The van der Waals surface area contributed by atoms with E-state index in [4.69, 9.17) is 9.52 Å². The molecule has 0 saturated carbocycles. The molecule has 15 heavy (non-hydrogen) atoms. The first-order valence-electron chi connectivity index (χ1n) is 4.25. The van der Waals surface area contributed by atoms with E-state index in [1.54, 1.807) is 0 Å². The van der Waals surface area contributed by atoms with Crippen molar-refractivity contribution in [3.05, 3.63) is 12.0 Å². The van der Waals surface area contributed by atoms with Crippen LogP contribution in [0.3, 0.4) is 0 Å². The van der Waals surface area contributed by atoms with E-state index in [1.165, 1.54) is 18.2 Å². The third-order valence-electron chi connectivity index (χ3n) is 1.76. The van der Waals surface area contributed by atoms with Crippen molar-refractivity contribution in [1.82, 2.24) is 4.98 Å². The van der Waals surface area contributed by atoms with Gasteiger partial charge in [0.1, 0.15) is 12.0 Å². The Hall–Kier alpha value is -1.24. The Morgan fingerprint density at radius 2 is 2.20 bits per heavy atom. The van der Waals surface area contributed by atoms with E-state index < -0.39 is 12.6 Å². The maximum absolute atomic E-state index is 11.9. The number of anilines is 1. The highest BCUT2D eigenvalue weighted by Gasteiger charge is 2.27. The summed E-state index contributed by atoms with van der Waals surface area (Å²) in [6.45, 7) is -0.522. The van der Waals surface area contributed by atoms with Crippen molar-refractivity contribution >= 4 is 6.01 Å². The predicted molar refractivity (Wildman–Crippen MR) is 46.4 cm³/mol. The van der Waals surface area contributed by atoms with E-state index in [-0.39, 0.29) is 19.2 Å². The SMILES string of the molecule is CN(CCC(F)(F)F)c1nc(CO)co1. The maximum atomic E-state index is 11.9. The first-order chi connectivity index (χ1) is 6.92. The molecule has 86 valence electrons. The van der Waals surface area contributed by atoms with Crippen LogP contribution in [-0.2, 0) is 6.61 Å². The Kier molecular flexibility index (Phi) is 3.57. The molecule has 7 heteroatoms. The molecular weight excluding hydrogens is 213 g/mol. The van der Waals surface area contributed by atoms with Gasteiger partial charge in [0, 0.05) is 13.6 Å². The van der Waals surface area contributed by atoms with Gasteiger partial charge in [-0.25, -0.2) is 0 Å². The first kappa shape index (κ1) is 11.8. The minimum absolute atomic E-state index is 0.0725. The zero-order chi connectivity index (χ0) is 11.5. The van der Waals surface area contributed by atoms with E-state index in [1.807, 2.05) is 0 Å². The molecule has 0 unspecified atom stereocenters. The van der Waals surface area contributed by atoms with Crippen LogP contribution < -0.4 is 4.90 Å². The number of rotatable bonds is 4. The predicted octanol–water partition coefficient (Wildman–Crippen LogP) is 1.56. The lowest BCUT2D eigenvalue weighted by atomic mass is 10.4. The van der Waals surface area contributed by atoms with Crippen molar-refractivity contribution in [3.8, 4) is 0 Å². The number of aliphatic hydroxyl groups excluding tert-OH is 1. The van der Waals surface area contributed by atoms with Gasteiger partial charge in [0.05, 0.1) is 13.0 Å². The second-order valence-corrected chi connectivity index (χ2v) is 3.07. The van der Waals surface area contributed by atoms with Crippen molar-refractivity contribution in [2.45, 2.75) is 19.2 Å². The summed E-state index contributed by atoms with van der Waals surface area (Å²) in [5, 5.41) is 8.67. The Labute approximate surface area is 84.3 Å². The zero-order valence-corrected chi connectivity index (χ0v) is 8.08. The van der Waals surface area contributed by atoms with Gasteiger partial charge in [-0.1, -0.05) is 0 Å². The number of oxazole rings is 1. The van der Waals surface area contributed by atoms with E-state index in [0.29, 0.717) is 5.69 Å². The van der Waals surface area contributed by atoms with Crippen LogP contribution in [-0.4, -0.2) is 29.9 Å². The smallest absolute Gasteiger partial charge is 0.390 e. The van der Waals surface area contributed by atoms with Gasteiger partial charge in [0.15, 0.2) is 0 Å². The van der Waals surface area contributed by atoms with Crippen molar-refractivity contribution < 1.29 is 22.7 Å². The summed E-state index contributed by atoms with van der Waals surface area (Å²) in [4.78, 5) is 5.01. The lowest BCUT2D eigenvalue weighted by molar-refractivity contribution is -0.132. The number of aliphatic hydroxyl groups is 1. The molecule has 0 fully saturated rings. The van der Waals surface area contributed by atoms with Gasteiger partial charge < -0.3 is 14.4 Å². The molecule has 1 rings (SSSR count). The molecule has 0 amide bonds. The number of alkyl halides is 3. The summed E-state index contributed by atoms with van der Waals surface area (Å²) in [6.07, 6.45) is -3.92. The van der Waals surface area contributed by atoms with Gasteiger partial charge >= 0.3 is 6.18 Å². The molecule has 1 aromatic heterocycles. The monoisotopic (exact) mass is 224 g/mol. The number of nitrogens with zero attached hydrogens (tertiary/aromatic N) is 2. The quantitative estimate of drug-likeness (QED) is 0.843. The van der Waals surface area contributed by atoms with Crippen molar-refractivity contribution in [2.75, 3.05) is 18.5 Å². The van der Waals surface area contributed by atoms with Crippen LogP contribution in [0.2, 0.25) is 0 Å². The topological polar surface area (TPSA) is 49.5 Å². The second-order valence-electron chi connectivity index (χ2n) is 3.07. The number of aromatic nitrogens is 1. The van der Waals surface area contributed by atoms with Crippen LogP contribution in [0, 0.1) is 0 Å². The molecular formula is C8H11F3N2O2. The van der Waals surface area contributed by atoms with Crippen LogP contribution >= 0.6 is 0 Å². The van der Waals surface area contributed by atoms with Crippen LogP contribution in [0.25, 0.3) is 0 Å². The zero-order valence-electron chi connectivity index (χ0n) is 8.08. The van der Waals surface area contributed by atoms with Crippen molar-refractivity contribution in [1.29, 1.82) is 0 Å². The van der Waals surface area contributed by atoms with E-state index in [0.717, 1.165) is 0 Å². The van der Waals surface area contributed by atoms with E-state index in [2.05, 4.69) is 4.98 Å². The lowest BCUT2D eigenvalue weighted by Gasteiger charge is -2.15. The molecule has 0 aliphatic carbocycles. The molecule has 0 aliphatic rings. The van der Waals surface area contributed by atoms with Gasteiger partial charge in [-0.2, -0.15) is 18.2 Å². The largest absolute Gasteiger partial charge is 0.432 e. The van der Waals surface area contributed by atoms with Gasteiger partial charge in [-0.15, -0.1) is 0 Å². The molecule has 4 nitrogen and oxygen atoms in total. The Morgan fingerprint density at radius 1 is 1.53 bits per heavy atom. The fraction of sp³-hybridized carbons (Fsp3) is 0.625. The van der Waals surface area contributed by atoms with Gasteiger partial charge in [0.2, 0.25) is 0 Å². The minimum atomic E-state index is -4.19. The average Bonchev–Trinajstić information content (AvgIpc) is 2.61. The Morgan fingerprint density at radius 3 is 2.67 bits per heavy atom. The van der Waals surface area contributed by atoms with Gasteiger partial charge in [0.25, 0.3) is 6.01 Å². The highest BCUT2D eigenvalue weighted by Crippen LogP contribution is 2.21. The number of hydrogen-bond acceptors (Lipinski definition) is 4. The average molecular weight is 224 g/mol. The van der Waals surface area contributed by atoms with Crippen LogP contribution in [0.4, 0.5) is 19.2 Å². The molecule has 0 atom stereocenters. The first-order valence-corrected chi connectivity index (χ1v) is 4.25. The number of hydrogen-bond donors (Lipinski definition) is 1. The fourth-order valence-electron chi connectivity index (χ4n) is 0.934. The van der Waals surface area contributed by atoms with Crippen LogP contribution in [0.15, 0.2) is 10.7 Å². The summed E-state index contributed by atoms with van der Waals surface area (Å²) in [7, 11) is 1.44. The summed E-state index contributed by atoms with van der Waals surface area (Å²) in [5.74, 6) is 0. The summed E-state index contributed by atoms with van der Waals surface area (Å²) in [6, 6.07) is 0.0725. The molecule has 0 bridgehead atoms. The Balaban J connectivity index is 2.50. The van der Waals surface area contributed by atoms with Gasteiger partial charge in [-0.3, -0.25) is 0 Å². The van der Waals surface area contributed by atoms with Crippen molar-refractivity contribution in [3.63, 3.8) is 0 Å². The molecule has 0 aliphatic heterocycles. The van der Waals surface area contributed by atoms with E-state index in [9.17, 15) is 13.2 Å². The maximum Gasteiger partial charge on any atom is 0.390 e. The standard InChI is InChI=1S/C8H11F3N2O2/c1-13(3-2-8(9,10)11)7-12-6(4-14)5-15-7/h5,14H,2-4H2,1H3. The fourth-order valence-corrected chi connectivity index (χ4v) is 0.934. The third kappa shape index (κ3) is 3.78. The highest BCUT2D eigenvalue weighted by molar-refractivity contribution is 5.24. The second kappa shape index (κ2) is 4.52. The molecule has 0 aromatic carbocycles. The third-order valence-corrected chi connectivity index (χ3v) is 1.76. The Bertz CT molecular complexity index is 311. The number of halogens is 3. The summed E-state index contributed by atoms with van der Waals surface area (Å²) >= 11 is 0. The molecule has 1 N–H and O–H groups in total. The van der Waals surface area contributed by atoms with Crippen LogP contribution in [0.5, 0.6) is 0 Å². The molecule has 0 radical (unpaired) electrons. The van der Waals surface area contributed by atoms with E-state index >= 15 is 0 Å². The summed E-state index contributed by atoms with van der Waals surface area (Å²) < 4.78 is 40.5. The van der Waals surface area contributed by atoms with Crippen molar-refractivity contribution in [2.24, 2.45) is 0 Å². The minimum Gasteiger partial charge on any atom is -0.432 e. The molecule has 0 spiro atoms. The molecule has 1 aromatic rings. The highest BCUT2D eigenvalue weighted by atomic mass is 19.4. The van der Waals surface area contributed by atoms with Crippen LogP contribution in [0.1, 0.15) is 12.1 Å². The normalized spacial score (nSPS) is 11.8. The summed E-state index contributed by atoms with van der Waals surface area (Å²) in [5.41, 5.74) is 0.295. The molecule has 0 saturated heterocycles.